The third-order valence-electron chi connectivity index (χ3n) is 5.48. The van der Waals surface area contributed by atoms with Gasteiger partial charge in [-0.3, -0.25) is 14.8 Å². The molecule has 0 N–H and O–H groups in total. The van der Waals surface area contributed by atoms with E-state index in [0.29, 0.717) is 48.0 Å². The molecule has 0 bridgehead atoms. The fourth-order valence-corrected chi connectivity index (χ4v) is 3.92. The summed E-state index contributed by atoms with van der Waals surface area (Å²) in [6, 6.07) is 8.86. The molecule has 1 aliphatic rings. The van der Waals surface area contributed by atoms with Gasteiger partial charge >= 0.3 is 6.09 Å². The van der Waals surface area contributed by atoms with Crippen LogP contribution in [0.5, 0.6) is 0 Å². The average molecular weight is 440 g/mol. The quantitative estimate of drug-likeness (QED) is 0.406. The van der Waals surface area contributed by atoms with Gasteiger partial charge in [-0.15, -0.1) is 0 Å². The summed E-state index contributed by atoms with van der Waals surface area (Å²) in [6.07, 6.45) is 2.91. The molecule has 1 aliphatic heterocycles. The minimum Gasteiger partial charge on any atom is -0.444 e. The first kappa shape index (κ1) is 21.7. The standard InChI is InChI=1S/C23H25FN4O4/c1-23(2,3)32-22(29)26-10-8-18(9-11-26)27-14-16-12-21(28(30)31)19(13-20(16)25-27)15-4-6-17(24)7-5-15/h4-7,12-14,18H,8-11H2,1-3H3. The molecule has 1 aromatic heterocycles. The smallest absolute Gasteiger partial charge is 0.410 e. The average Bonchev–Trinajstić information content (AvgIpc) is 3.15. The Kier molecular flexibility index (Phi) is 5.58. The zero-order valence-electron chi connectivity index (χ0n) is 18.2. The number of carbonyl (C=O) groups is 1. The second kappa shape index (κ2) is 8.22. The van der Waals surface area contributed by atoms with Gasteiger partial charge in [0.25, 0.3) is 5.69 Å². The summed E-state index contributed by atoms with van der Waals surface area (Å²) >= 11 is 0. The van der Waals surface area contributed by atoms with Crippen molar-refractivity contribution in [2.75, 3.05) is 13.1 Å². The number of fused-ring (bicyclic) bond motifs is 1. The van der Waals surface area contributed by atoms with Crippen LogP contribution in [0.3, 0.4) is 0 Å². The summed E-state index contributed by atoms with van der Waals surface area (Å²) in [5, 5.41) is 17.0. The summed E-state index contributed by atoms with van der Waals surface area (Å²) in [5.41, 5.74) is 0.991. The number of hydrogen-bond acceptors (Lipinski definition) is 5. The Morgan fingerprint density at radius 3 is 2.44 bits per heavy atom. The van der Waals surface area contributed by atoms with Crippen LogP contribution in [0.15, 0.2) is 42.6 Å². The number of rotatable bonds is 3. The third-order valence-corrected chi connectivity index (χ3v) is 5.48. The number of nitro benzene ring substituents is 1. The van der Waals surface area contributed by atoms with Crippen LogP contribution in [-0.4, -0.2) is 44.4 Å². The number of halogens is 1. The summed E-state index contributed by atoms with van der Waals surface area (Å²) in [6.45, 7) is 6.62. The van der Waals surface area contributed by atoms with Crippen molar-refractivity contribution in [2.24, 2.45) is 0 Å². The Morgan fingerprint density at radius 1 is 1.19 bits per heavy atom. The summed E-state index contributed by atoms with van der Waals surface area (Å²) in [4.78, 5) is 25.2. The van der Waals surface area contributed by atoms with Crippen LogP contribution < -0.4 is 0 Å². The number of amides is 1. The summed E-state index contributed by atoms with van der Waals surface area (Å²) in [5.74, 6) is -0.403. The van der Waals surface area contributed by atoms with E-state index in [2.05, 4.69) is 5.10 Å². The molecule has 168 valence electrons. The van der Waals surface area contributed by atoms with Gasteiger partial charge in [-0.2, -0.15) is 5.10 Å². The molecule has 0 aliphatic carbocycles. The van der Waals surface area contributed by atoms with E-state index in [4.69, 9.17) is 4.74 Å². The monoisotopic (exact) mass is 440 g/mol. The molecule has 1 amide bonds. The van der Waals surface area contributed by atoms with E-state index in [0.717, 1.165) is 0 Å². The lowest BCUT2D eigenvalue weighted by molar-refractivity contribution is -0.384. The molecule has 2 heterocycles. The largest absolute Gasteiger partial charge is 0.444 e. The van der Waals surface area contributed by atoms with Crippen LogP contribution in [0.25, 0.3) is 22.0 Å². The highest BCUT2D eigenvalue weighted by atomic mass is 19.1. The van der Waals surface area contributed by atoms with Crippen molar-refractivity contribution in [2.45, 2.75) is 45.3 Å². The van der Waals surface area contributed by atoms with Crippen LogP contribution >= 0.6 is 0 Å². The minimum atomic E-state index is -0.537. The first-order valence-corrected chi connectivity index (χ1v) is 10.5. The summed E-state index contributed by atoms with van der Waals surface area (Å²) in [7, 11) is 0. The highest BCUT2D eigenvalue weighted by Gasteiger charge is 2.28. The molecule has 0 atom stereocenters. The number of benzene rings is 2. The van der Waals surface area contributed by atoms with E-state index in [-0.39, 0.29) is 17.8 Å². The second-order valence-corrected chi connectivity index (χ2v) is 9.00. The van der Waals surface area contributed by atoms with E-state index in [9.17, 15) is 19.3 Å². The number of likely N-dealkylation sites (tertiary alicyclic amines) is 1. The Morgan fingerprint density at radius 2 is 1.84 bits per heavy atom. The Hall–Kier alpha value is -3.49. The lowest BCUT2D eigenvalue weighted by Gasteiger charge is -2.33. The fourth-order valence-electron chi connectivity index (χ4n) is 3.92. The van der Waals surface area contributed by atoms with E-state index in [1.807, 2.05) is 31.6 Å². The molecule has 0 saturated carbocycles. The van der Waals surface area contributed by atoms with Crippen LogP contribution in [-0.2, 0) is 4.74 Å². The number of nitrogens with zero attached hydrogens (tertiary/aromatic N) is 4. The Labute approximate surface area is 184 Å². The highest BCUT2D eigenvalue weighted by molar-refractivity contribution is 5.89. The van der Waals surface area contributed by atoms with Gasteiger partial charge in [-0.05, 0) is 57.4 Å². The maximum absolute atomic E-state index is 13.3. The second-order valence-electron chi connectivity index (χ2n) is 9.00. The number of carbonyl (C=O) groups excluding carboxylic acids is 1. The van der Waals surface area contributed by atoms with E-state index in [1.165, 1.54) is 30.3 Å². The molecule has 3 aromatic rings. The lowest BCUT2D eigenvalue weighted by Crippen LogP contribution is -2.42. The van der Waals surface area contributed by atoms with Crippen molar-refractivity contribution in [1.82, 2.24) is 14.7 Å². The van der Waals surface area contributed by atoms with Crippen molar-refractivity contribution in [3.63, 3.8) is 0 Å². The molecule has 0 radical (unpaired) electrons. The molecule has 9 heteroatoms. The maximum atomic E-state index is 13.3. The molecule has 1 saturated heterocycles. The van der Waals surface area contributed by atoms with Crippen molar-refractivity contribution in [3.05, 3.63) is 58.5 Å². The van der Waals surface area contributed by atoms with Gasteiger partial charge in [0.15, 0.2) is 0 Å². The number of nitro groups is 1. The zero-order valence-corrected chi connectivity index (χ0v) is 18.2. The van der Waals surface area contributed by atoms with Crippen LogP contribution in [0.4, 0.5) is 14.9 Å². The number of aromatic nitrogens is 2. The number of hydrogen-bond donors (Lipinski definition) is 0. The topological polar surface area (TPSA) is 90.5 Å². The first-order valence-electron chi connectivity index (χ1n) is 10.5. The van der Waals surface area contributed by atoms with Crippen molar-refractivity contribution < 1.29 is 18.8 Å². The Bertz CT molecular complexity index is 1160. The van der Waals surface area contributed by atoms with Crippen LogP contribution in [0.2, 0.25) is 0 Å². The van der Waals surface area contributed by atoms with Crippen LogP contribution in [0.1, 0.15) is 39.7 Å². The molecule has 1 fully saturated rings. The predicted octanol–water partition coefficient (Wildman–Crippen LogP) is 5.32. The first-order chi connectivity index (χ1) is 15.1. The molecule has 4 rings (SSSR count). The third kappa shape index (κ3) is 4.56. The van der Waals surface area contributed by atoms with E-state index >= 15 is 0 Å². The molecule has 2 aromatic carbocycles. The van der Waals surface area contributed by atoms with E-state index in [1.54, 1.807) is 11.0 Å². The normalized spacial score (nSPS) is 15.2. The SMILES string of the molecule is CC(C)(C)OC(=O)N1CCC(n2cc3cc([N+](=O)[O-])c(-c4ccc(F)cc4)cc3n2)CC1. The van der Waals surface area contributed by atoms with Crippen LogP contribution in [0, 0.1) is 15.9 Å². The molecule has 0 spiro atoms. The van der Waals surface area contributed by atoms with Crippen molar-refractivity contribution in [3.8, 4) is 11.1 Å². The molecular weight excluding hydrogens is 415 g/mol. The molecule has 32 heavy (non-hydrogen) atoms. The van der Waals surface area contributed by atoms with Crippen molar-refractivity contribution in [1.29, 1.82) is 0 Å². The minimum absolute atomic E-state index is 0.0524. The lowest BCUT2D eigenvalue weighted by atomic mass is 10.0. The molecule has 8 nitrogen and oxygen atoms in total. The maximum Gasteiger partial charge on any atom is 0.410 e. The highest BCUT2D eigenvalue weighted by Crippen LogP contribution is 2.35. The van der Waals surface area contributed by atoms with Gasteiger partial charge in [-0.25, -0.2) is 9.18 Å². The Balaban J connectivity index is 1.57. The van der Waals surface area contributed by atoms with Gasteiger partial charge in [0, 0.05) is 30.7 Å². The summed E-state index contributed by atoms with van der Waals surface area (Å²) < 4.78 is 20.6. The van der Waals surface area contributed by atoms with E-state index < -0.39 is 16.3 Å². The van der Waals surface area contributed by atoms with Gasteiger partial charge in [-0.1, -0.05) is 12.1 Å². The predicted molar refractivity (Wildman–Crippen MR) is 118 cm³/mol. The number of piperidine rings is 1. The molecular formula is C23H25FN4O4. The number of ether oxygens (including phenoxy) is 1. The van der Waals surface area contributed by atoms with Gasteiger partial charge in [0.1, 0.15) is 11.4 Å². The molecule has 0 unspecified atom stereocenters. The zero-order chi connectivity index (χ0) is 23.0. The fraction of sp³-hybridized carbons (Fsp3) is 0.391. The van der Waals surface area contributed by atoms with Gasteiger partial charge < -0.3 is 9.64 Å². The van der Waals surface area contributed by atoms with Gasteiger partial charge in [0.2, 0.25) is 0 Å². The van der Waals surface area contributed by atoms with Crippen molar-refractivity contribution >= 4 is 22.7 Å². The van der Waals surface area contributed by atoms with Gasteiger partial charge in [0.05, 0.1) is 22.0 Å².